The number of rotatable bonds is 2. The van der Waals surface area contributed by atoms with Crippen LogP contribution in [0.25, 0.3) is 0 Å². The summed E-state index contributed by atoms with van der Waals surface area (Å²) in [6.07, 6.45) is -0.547. The van der Waals surface area contributed by atoms with Gasteiger partial charge in [0.1, 0.15) is 0 Å². The third kappa shape index (κ3) is 3.31. The summed E-state index contributed by atoms with van der Waals surface area (Å²) in [5, 5.41) is 2.61. The van der Waals surface area contributed by atoms with Gasteiger partial charge in [-0.3, -0.25) is 5.32 Å². The van der Waals surface area contributed by atoms with E-state index in [2.05, 4.69) is 10.3 Å². The maximum Gasteiger partial charge on any atom is 0.418 e. The molecule has 2 aromatic rings. The van der Waals surface area contributed by atoms with Gasteiger partial charge in [0.2, 0.25) is 5.88 Å². The van der Waals surface area contributed by atoms with Gasteiger partial charge < -0.3 is 4.74 Å². The molecule has 1 aromatic carbocycles. The van der Waals surface area contributed by atoms with Crippen LogP contribution in [0.15, 0.2) is 48.5 Å². The van der Waals surface area contributed by atoms with Gasteiger partial charge in [0.15, 0.2) is 0 Å². The van der Waals surface area contributed by atoms with E-state index in [0.29, 0.717) is 11.6 Å². The van der Waals surface area contributed by atoms with Crippen molar-refractivity contribution in [3.8, 4) is 5.88 Å². The zero-order chi connectivity index (χ0) is 12.1. The molecule has 4 heteroatoms. The van der Waals surface area contributed by atoms with Crippen LogP contribution in [-0.4, -0.2) is 11.1 Å². The van der Waals surface area contributed by atoms with Crippen molar-refractivity contribution in [3.63, 3.8) is 0 Å². The monoisotopic (exact) mass is 228 g/mol. The Kier molecular flexibility index (Phi) is 3.35. The van der Waals surface area contributed by atoms with Crippen LogP contribution in [0, 0.1) is 6.92 Å². The molecule has 0 aliphatic carbocycles. The second-order valence-corrected chi connectivity index (χ2v) is 3.50. The molecule has 1 aromatic heterocycles. The summed E-state index contributed by atoms with van der Waals surface area (Å²) >= 11 is 0. The minimum Gasteiger partial charge on any atom is -0.391 e. The van der Waals surface area contributed by atoms with E-state index in [1.165, 1.54) is 0 Å². The summed E-state index contributed by atoms with van der Waals surface area (Å²) in [5.41, 5.74) is 1.49. The summed E-state index contributed by atoms with van der Waals surface area (Å²) in [6, 6.07) is 14.4. The predicted molar refractivity (Wildman–Crippen MR) is 65.1 cm³/mol. The molecule has 2 rings (SSSR count). The second-order valence-electron chi connectivity index (χ2n) is 3.50. The smallest absolute Gasteiger partial charge is 0.391 e. The minimum atomic E-state index is -0.547. The first kappa shape index (κ1) is 11.1. The fraction of sp³-hybridized carbons (Fsp3) is 0.0769. The van der Waals surface area contributed by atoms with E-state index in [0.717, 1.165) is 5.69 Å². The van der Waals surface area contributed by atoms with Crippen molar-refractivity contribution in [3.05, 3.63) is 54.2 Å². The minimum absolute atomic E-state index is 0.290. The van der Waals surface area contributed by atoms with Crippen LogP contribution in [0.5, 0.6) is 5.88 Å². The fourth-order valence-corrected chi connectivity index (χ4v) is 1.33. The number of pyridine rings is 1. The lowest BCUT2D eigenvalue weighted by atomic mass is 10.3. The summed E-state index contributed by atoms with van der Waals surface area (Å²) < 4.78 is 5.04. The van der Waals surface area contributed by atoms with Crippen molar-refractivity contribution in [2.45, 2.75) is 6.92 Å². The Labute approximate surface area is 99.3 Å². The molecule has 1 amide bonds. The number of hydrogen-bond acceptors (Lipinski definition) is 3. The van der Waals surface area contributed by atoms with Gasteiger partial charge in [-0.05, 0) is 25.1 Å². The maximum atomic E-state index is 11.5. The van der Waals surface area contributed by atoms with Gasteiger partial charge in [0.25, 0.3) is 0 Å². The summed E-state index contributed by atoms with van der Waals surface area (Å²) in [6.45, 7) is 1.84. The molecular formula is C13H12N2O2. The van der Waals surface area contributed by atoms with Gasteiger partial charge in [-0.2, -0.15) is 0 Å². The number of nitrogens with zero attached hydrogens (tertiary/aromatic N) is 1. The molecule has 86 valence electrons. The van der Waals surface area contributed by atoms with Crippen LogP contribution in [0.2, 0.25) is 0 Å². The molecule has 0 radical (unpaired) electrons. The first-order chi connectivity index (χ1) is 8.24. The van der Waals surface area contributed by atoms with Gasteiger partial charge in [-0.25, -0.2) is 9.78 Å². The molecule has 1 N–H and O–H groups in total. The lowest BCUT2D eigenvalue weighted by molar-refractivity contribution is 0.213. The lowest BCUT2D eigenvalue weighted by Gasteiger charge is -2.05. The number of hydrogen-bond donors (Lipinski definition) is 1. The molecule has 0 bridgehead atoms. The quantitative estimate of drug-likeness (QED) is 0.859. The van der Waals surface area contributed by atoms with Crippen molar-refractivity contribution >= 4 is 11.8 Å². The Hall–Kier alpha value is -2.36. The van der Waals surface area contributed by atoms with Gasteiger partial charge in [0, 0.05) is 17.4 Å². The lowest BCUT2D eigenvalue weighted by Crippen LogP contribution is -2.17. The van der Waals surface area contributed by atoms with Crippen molar-refractivity contribution in [2.75, 3.05) is 5.32 Å². The number of aryl methyl sites for hydroxylation is 1. The molecule has 0 aliphatic rings. The number of anilines is 1. The predicted octanol–water partition coefficient (Wildman–Crippen LogP) is 3.00. The highest BCUT2D eigenvalue weighted by Gasteiger charge is 2.05. The van der Waals surface area contributed by atoms with Crippen LogP contribution in [0.3, 0.4) is 0 Å². The molecule has 4 nitrogen and oxygen atoms in total. The summed E-state index contributed by atoms with van der Waals surface area (Å²) in [5.74, 6) is 0.290. The number of ether oxygens (including phenoxy) is 1. The van der Waals surface area contributed by atoms with Crippen LogP contribution in [0.1, 0.15) is 5.69 Å². The van der Waals surface area contributed by atoms with Crippen molar-refractivity contribution in [1.82, 2.24) is 4.98 Å². The van der Waals surface area contributed by atoms with E-state index in [1.54, 1.807) is 24.3 Å². The van der Waals surface area contributed by atoms with Crippen LogP contribution in [-0.2, 0) is 0 Å². The molecule has 1 heterocycles. The van der Waals surface area contributed by atoms with E-state index in [-0.39, 0.29) is 0 Å². The fourth-order valence-electron chi connectivity index (χ4n) is 1.33. The summed E-state index contributed by atoms with van der Waals surface area (Å²) in [4.78, 5) is 15.6. The molecule has 0 aliphatic heterocycles. The van der Waals surface area contributed by atoms with Crippen LogP contribution in [0.4, 0.5) is 10.5 Å². The number of nitrogens with one attached hydrogen (secondary N) is 1. The van der Waals surface area contributed by atoms with E-state index < -0.39 is 6.09 Å². The SMILES string of the molecule is Cc1cccc(OC(=O)Nc2ccccc2)n1. The molecule has 17 heavy (non-hydrogen) atoms. The zero-order valence-electron chi connectivity index (χ0n) is 9.38. The summed E-state index contributed by atoms with van der Waals surface area (Å²) in [7, 11) is 0. The largest absolute Gasteiger partial charge is 0.418 e. The highest BCUT2D eigenvalue weighted by molar-refractivity contribution is 5.85. The highest BCUT2D eigenvalue weighted by Crippen LogP contribution is 2.09. The first-order valence-corrected chi connectivity index (χ1v) is 5.21. The molecular weight excluding hydrogens is 216 g/mol. The number of aromatic nitrogens is 1. The van der Waals surface area contributed by atoms with Gasteiger partial charge >= 0.3 is 6.09 Å². The third-order valence-electron chi connectivity index (χ3n) is 2.08. The number of carbonyl (C=O) groups is 1. The normalized spacial score (nSPS) is 9.71. The highest BCUT2D eigenvalue weighted by atomic mass is 16.6. The average molecular weight is 228 g/mol. The molecule has 0 saturated heterocycles. The van der Waals surface area contributed by atoms with Crippen molar-refractivity contribution in [1.29, 1.82) is 0 Å². The molecule has 0 fully saturated rings. The van der Waals surface area contributed by atoms with E-state index in [9.17, 15) is 4.79 Å². The first-order valence-electron chi connectivity index (χ1n) is 5.21. The number of benzene rings is 1. The Morgan fingerprint density at radius 3 is 2.59 bits per heavy atom. The van der Waals surface area contributed by atoms with Gasteiger partial charge in [0.05, 0.1) is 0 Å². The van der Waals surface area contributed by atoms with Crippen LogP contribution < -0.4 is 10.1 Å². The van der Waals surface area contributed by atoms with E-state index >= 15 is 0 Å². The van der Waals surface area contributed by atoms with Crippen molar-refractivity contribution < 1.29 is 9.53 Å². The second kappa shape index (κ2) is 5.12. The van der Waals surface area contributed by atoms with Gasteiger partial charge in [-0.1, -0.05) is 24.3 Å². The molecule has 0 saturated carbocycles. The Bertz CT molecular complexity index is 512. The Balaban J connectivity index is 1.98. The number of amides is 1. The van der Waals surface area contributed by atoms with Crippen LogP contribution >= 0.6 is 0 Å². The van der Waals surface area contributed by atoms with E-state index in [1.807, 2.05) is 31.2 Å². The van der Waals surface area contributed by atoms with Gasteiger partial charge in [-0.15, -0.1) is 0 Å². The Morgan fingerprint density at radius 1 is 1.12 bits per heavy atom. The molecule has 0 spiro atoms. The standard InChI is InChI=1S/C13H12N2O2/c1-10-6-5-9-12(14-10)17-13(16)15-11-7-3-2-4-8-11/h2-9H,1H3,(H,15,16). The number of carbonyl (C=O) groups excluding carboxylic acids is 1. The molecule has 0 atom stereocenters. The zero-order valence-corrected chi connectivity index (χ0v) is 9.38. The topological polar surface area (TPSA) is 51.2 Å². The average Bonchev–Trinajstić information content (AvgIpc) is 2.30. The molecule has 0 unspecified atom stereocenters. The maximum absolute atomic E-state index is 11.5. The van der Waals surface area contributed by atoms with Crippen molar-refractivity contribution in [2.24, 2.45) is 0 Å². The Morgan fingerprint density at radius 2 is 1.88 bits per heavy atom. The van der Waals surface area contributed by atoms with E-state index in [4.69, 9.17) is 4.74 Å². The third-order valence-corrected chi connectivity index (χ3v) is 2.08. The number of para-hydroxylation sites is 1.